The molecule has 2 aliphatic rings. The maximum atomic E-state index is 10.0. The minimum Gasteiger partial charge on any atom is -0.388 e. The van der Waals surface area contributed by atoms with Crippen molar-refractivity contribution in [1.29, 1.82) is 0 Å². The molecule has 2 rings (SSSR count). The third-order valence-electron chi connectivity index (χ3n) is 3.64. The molecule has 0 amide bonds. The number of aliphatic hydroxyl groups is 2. The summed E-state index contributed by atoms with van der Waals surface area (Å²) in [4.78, 5) is 0. The molecule has 2 N–H and O–H groups in total. The summed E-state index contributed by atoms with van der Waals surface area (Å²) < 4.78 is 11.1. The van der Waals surface area contributed by atoms with Crippen molar-refractivity contribution in [3.05, 3.63) is 0 Å². The van der Waals surface area contributed by atoms with Crippen molar-refractivity contribution in [3.63, 3.8) is 0 Å². The number of rotatable bonds is 3. The average Bonchev–Trinajstić information content (AvgIpc) is 2.85. The van der Waals surface area contributed by atoms with Crippen molar-refractivity contribution in [2.45, 2.75) is 76.2 Å². The highest BCUT2D eigenvalue weighted by molar-refractivity contribution is 4.88. The van der Waals surface area contributed by atoms with Gasteiger partial charge in [0.2, 0.25) is 0 Å². The zero-order chi connectivity index (χ0) is 11.7. The van der Waals surface area contributed by atoms with Crippen LogP contribution in [0.1, 0.15) is 39.5 Å². The fraction of sp³-hybridized carbons (Fsp3) is 1.00. The predicted molar refractivity (Wildman–Crippen MR) is 59.2 cm³/mol. The molecular weight excluding hydrogens is 208 g/mol. The molecule has 0 aromatic carbocycles. The van der Waals surface area contributed by atoms with Gasteiger partial charge in [0.25, 0.3) is 0 Å². The number of hydrogen-bond donors (Lipinski definition) is 2. The van der Waals surface area contributed by atoms with E-state index >= 15 is 0 Å². The van der Waals surface area contributed by atoms with Gasteiger partial charge in [-0.15, -0.1) is 0 Å². The topological polar surface area (TPSA) is 58.9 Å². The predicted octanol–water partition coefficient (Wildman–Crippen LogP) is 0.843. The second-order valence-electron chi connectivity index (χ2n) is 5.11. The summed E-state index contributed by atoms with van der Waals surface area (Å²) in [5.74, 6) is 0. The summed E-state index contributed by atoms with van der Waals surface area (Å²) in [6.07, 6.45) is 1.83. The summed E-state index contributed by atoms with van der Waals surface area (Å²) in [7, 11) is 0. The molecule has 0 radical (unpaired) electrons. The molecule has 6 unspecified atom stereocenters. The number of aliphatic hydroxyl groups excluding tert-OH is 2. The minimum atomic E-state index is -0.819. The van der Waals surface area contributed by atoms with Gasteiger partial charge in [0.1, 0.15) is 12.2 Å². The van der Waals surface area contributed by atoms with E-state index in [-0.39, 0.29) is 24.4 Å². The Hall–Kier alpha value is -0.160. The molecule has 0 aliphatic carbocycles. The first-order valence-corrected chi connectivity index (χ1v) is 6.25. The summed E-state index contributed by atoms with van der Waals surface area (Å²) in [5, 5.41) is 20.1. The first kappa shape index (κ1) is 12.3. The zero-order valence-corrected chi connectivity index (χ0v) is 10.0. The lowest BCUT2D eigenvalue weighted by molar-refractivity contribution is -0.127. The van der Waals surface area contributed by atoms with E-state index in [2.05, 4.69) is 0 Å². The van der Waals surface area contributed by atoms with Crippen LogP contribution >= 0.6 is 0 Å². The Kier molecular flexibility index (Phi) is 3.85. The van der Waals surface area contributed by atoms with Crippen LogP contribution in [-0.2, 0) is 9.47 Å². The van der Waals surface area contributed by atoms with Crippen molar-refractivity contribution >= 4 is 0 Å². The lowest BCUT2D eigenvalue weighted by atomic mass is 9.99. The molecule has 0 spiro atoms. The van der Waals surface area contributed by atoms with Crippen LogP contribution in [0.2, 0.25) is 0 Å². The van der Waals surface area contributed by atoms with E-state index in [9.17, 15) is 10.2 Å². The second-order valence-corrected chi connectivity index (χ2v) is 5.11. The quantitative estimate of drug-likeness (QED) is 0.754. The van der Waals surface area contributed by atoms with Gasteiger partial charge >= 0.3 is 0 Å². The van der Waals surface area contributed by atoms with Gasteiger partial charge in [0.15, 0.2) is 0 Å². The summed E-state index contributed by atoms with van der Waals surface area (Å²) in [6.45, 7) is 3.99. The fourth-order valence-corrected chi connectivity index (χ4v) is 2.61. The molecule has 2 fully saturated rings. The molecule has 4 nitrogen and oxygen atoms in total. The molecule has 2 saturated heterocycles. The average molecular weight is 230 g/mol. The minimum absolute atomic E-state index is 0.190. The van der Waals surface area contributed by atoms with Crippen molar-refractivity contribution in [1.82, 2.24) is 0 Å². The lowest BCUT2D eigenvalue weighted by Gasteiger charge is -2.27. The van der Waals surface area contributed by atoms with Gasteiger partial charge in [-0.05, 0) is 39.5 Å². The van der Waals surface area contributed by atoms with E-state index in [1.165, 1.54) is 0 Å². The second kappa shape index (κ2) is 5.00. The number of hydrogen-bond acceptors (Lipinski definition) is 4. The standard InChI is InChI=1S/C12H22O4/c1-7-3-5-9(15-7)11(13)12(14)10-6-4-8(2)16-10/h7-14H,3-6H2,1-2H3. The van der Waals surface area contributed by atoms with Crippen LogP contribution in [0.15, 0.2) is 0 Å². The Balaban J connectivity index is 1.86. The molecule has 2 heterocycles. The molecule has 0 bridgehead atoms. The Morgan fingerprint density at radius 3 is 1.44 bits per heavy atom. The molecule has 4 heteroatoms. The Bertz CT molecular complexity index is 209. The van der Waals surface area contributed by atoms with Crippen LogP contribution in [-0.4, -0.2) is 46.8 Å². The molecule has 0 aromatic rings. The summed E-state index contributed by atoms with van der Waals surface area (Å²) in [6, 6.07) is 0. The normalized spacial score (nSPS) is 43.5. The molecule has 16 heavy (non-hydrogen) atoms. The van der Waals surface area contributed by atoms with Gasteiger partial charge < -0.3 is 19.7 Å². The van der Waals surface area contributed by atoms with Gasteiger partial charge in [-0.3, -0.25) is 0 Å². The highest BCUT2D eigenvalue weighted by Gasteiger charge is 2.39. The van der Waals surface area contributed by atoms with Crippen molar-refractivity contribution in [2.24, 2.45) is 0 Å². The molecule has 0 saturated carbocycles. The van der Waals surface area contributed by atoms with E-state index in [0.29, 0.717) is 0 Å². The van der Waals surface area contributed by atoms with Crippen LogP contribution in [0.5, 0.6) is 0 Å². The summed E-state index contributed by atoms with van der Waals surface area (Å²) in [5.41, 5.74) is 0. The third-order valence-corrected chi connectivity index (χ3v) is 3.64. The highest BCUT2D eigenvalue weighted by atomic mass is 16.5. The smallest absolute Gasteiger partial charge is 0.109 e. The van der Waals surface area contributed by atoms with Crippen LogP contribution in [0.4, 0.5) is 0 Å². The van der Waals surface area contributed by atoms with E-state index in [1.807, 2.05) is 13.8 Å². The SMILES string of the molecule is CC1CCC(C(O)C(O)C2CCC(C)O2)O1. The third kappa shape index (κ3) is 2.56. The molecule has 94 valence electrons. The lowest BCUT2D eigenvalue weighted by Crippen LogP contribution is -2.44. The van der Waals surface area contributed by atoms with Gasteiger partial charge in [-0.2, -0.15) is 0 Å². The Morgan fingerprint density at radius 1 is 0.812 bits per heavy atom. The van der Waals surface area contributed by atoms with Crippen molar-refractivity contribution in [2.75, 3.05) is 0 Å². The molecular formula is C12H22O4. The maximum absolute atomic E-state index is 10.0. The first-order chi connectivity index (χ1) is 7.58. The monoisotopic (exact) mass is 230 g/mol. The van der Waals surface area contributed by atoms with Gasteiger partial charge in [-0.25, -0.2) is 0 Å². The first-order valence-electron chi connectivity index (χ1n) is 6.25. The maximum Gasteiger partial charge on any atom is 0.109 e. The van der Waals surface area contributed by atoms with E-state index in [4.69, 9.17) is 9.47 Å². The largest absolute Gasteiger partial charge is 0.388 e. The molecule has 2 aliphatic heterocycles. The van der Waals surface area contributed by atoms with Gasteiger partial charge in [-0.1, -0.05) is 0 Å². The van der Waals surface area contributed by atoms with Gasteiger partial charge in [0, 0.05) is 0 Å². The highest BCUT2D eigenvalue weighted by Crippen LogP contribution is 2.28. The van der Waals surface area contributed by atoms with Crippen LogP contribution in [0.3, 0.4) is 0 Å². The van der Waals surface area contributed by atoms with E-state index in [0.717, 1.165) is 25.7 Å². The van der Waals surface area contributed by atoms with Crippen LogP contribution in [0, 0.1) is 0 Å². The molecule has 6 atom stereocenters. The van der Waals surface area contributed by atoms with Crippen molar-refractivity contribution in [3.8, 4) is 0 Å². The number of ether oxygens (including phenoxy) is 2. The Morgan fingerprint density at radius 2 is 1.19 bits per heavy atom. The Labute approximate surface area is 96.6 Å². The fourth-order valence-electron chi connectivity index (χ4n) is 2.61. The van der Waals surface area contributed by atoms with E-state index < -0.39 is 12.2 Å². The van der Waals surface area contributed by atoms with E-state index in [1.54, 1.807) is 0 Å². The molecule has 0 aromatic heterocycles. The zero-order valence-electron chi connectivity index (χ0n) is 10.0. The van der Waals surface area contributed by atoms with Crippen molar-refractivity contribution < 1.29 is 19.7 Å². The van der Waals surface area contributed by atoms with Gasteiger partial charge in [0.05, 0.1) is 24.4 Å². The van der Waals surface area contributed by atoms with Crippen LogP contribution in [0.25, 0.3) is 0 Å². The summed E-state index contributed by atoms with van der Waals surface area (Å²) >= 11 is 0. The van der Waals surface area contributed by atoms with Crippen LogP contribution < -0.4 is 0 Å².